The van der Waals surface area contributed by atoms with Crippen LogP contribution in [0.15, 0.2) is 18.2 Å². The number of rotatable bonds is 4. The number of anilines is 1. The first kappa shape index (κ1) is 13.6. The Hall–Kier alpha value is -1.39. The van der Waals surface area contributed by atoms with E-state index in [1.54, 1.807) is 0 Å². The lowest BCUT2D eigenvalue weighted by Crippen LogP contribution is -2.34. The van der Waals surface area contributed by atoms with E-state index < -0.39 is 0 Å². The Morgan fingerprint density at radius 1 is 1.50 bits per heavy atom. The molecule has 2 heterocycles. The molecule has 0 spiro atoms. The van der Waals surface area contributed by atoms with Crippen LogP contribution in [0.3, 0.4) is 0 Å². The van der Waals surface area contributed by atoms with Crippen LogP contribution in [-0.4, -0.2) is 25.2 Å². The summed E-state index contributed by atoms with van der Waals surface area (Å²) in [7, 11) is 0. The van der Waals surface area contributed by atoms with Crippen LogP contribution >= 0.6 is 0 Å². The molecule has 0 radical (unpaired) electrons. The van der Waals surface area contributed by atoms with Crippen molar-refractivity contribution in [2.24, 2.45) is 5.92 Å². The van der Waals surface area contributed by atoms with Crippen LogP contribution in [-0.2, 0) is 16.0 Å². The van der Waals surface area contributed by atoms with Crippen LogP contribution in [0.5, 0.6) is 0 Å². The van der Waals surface area contributed by atoms with Crippen molar-refractivity contribution < 1.29 is 9.53 Å². The molecule has 4 heteroatoms. The number of carbonyl (C=O) groups is 1. The second-order valence-corrected chi connectivity index (χ2v) is 5.78. The summed E-state index contributed by atoms with van der Waals surface area (Å²) in [5.74, 6) is 0.648. The molecule has 0 saturated carbocycles. The van der Waals surface area contributed by atoms with Gasteiger partial charge in [0, 0.05) is 12.3 Å². The molecule has 3 unspecified atom stereocenters. The summed E-state index contributed by atoms with van der Waals surface area (Å²) in [4.78, 5) is 11.5. The molecule has 20 heavy (non-hydrogen) atoms. The predicted octanol–water partition coefficient (Wildman–Crippen LogP) is 2.26. The van der Waals surface area contributed by atoms with E-state index in [4.69, 9.17) is 4.74 Å². The molecule has 1 saturated heterocycles. The molecule has 0 aromatic heterocycles. The van der Waals surface area contributed by atoms with E-state index in [0.29, 0.717) is 12.3 Å². The third-order valence-corrected chi connectivity index (χ3v) is 4.31. The van der Waals surface area contributed by atoms with Gasteiger partial charge in [0.05, 0.1) is 18.6 Å². The highest BCUT2D eigenvalue weighted by atomic mass is 16.5. The summed E-state index contributed by atoms with van der Waals surface area (Å²) in [5.41, 5.74) is 3.27. The van der Waals surface area contributed by atoms with Gasteiger partial charge >= 0.3 is 0 Å². The molecule has 3 atom stereocenters. The van der Waals surface area contributed by atoms with Gasteiger partial charge in [0.25, 0.3) is 0 Å². The average molecular weight is 274 g/mol. The largest absolute Gasteiger partial charge is 0.376 e. The summed E-state index contributed by atoms with van der Waals surface area (Å²) < 4.78 is 5.93. The third kappa shape index (κ3) is 2.45. The van der Waals surface area contributed by atoms with Gasteiger partial charge < -0.3 is 15.4 Å². The van der Waals surface area contributed by atoms with Gasteiger partial charge in [-0.3, -0.25) is 4.79 Å². The number of ether oxygens (including phenoxy) is 1. The molecule has 3 rings (SSSR count). The smallest absolute Gasteiger partial charge is 0.228 e. The van der Waals surface area contributed by atoms with Gasteiger partial charge in [0.15, 0.2) is 0 Å². The van der Waals surface area contributed by atoms with E-state index in [1.165, 1.54) is 5.56 Å². The molecule has 2 N–H and O–H groups in total. The molecule has 1 fully saturated rings. The van der Waals surface area contributed by atoms with E-state index in [2.05, 4.69) is 36.6 Å². The Labute approximate surface area is 119 Å². The van der Waals surface area contributed by atoms with Gasteiger partial charge in [-0.1, -0.05) is 26.0 Å². The third-order valence-electron chi connectivity index (χ3n) is 4.31. The Morgan fingerprint density at radius 2 is 2.35 bits per heavy atom. The standard InChI is InChI=1S/C16H22N2O2/c1-3-17-15(16-10(2)6-7-20-16)11-4-5-13-12(8-11)9-14(19)18-13/h4-5,8,10,15-17H,3,6-7,9H2,1-2H3,(H,18,19). The number of hydrogen-bond donors (Lipinski definition) is 2. The summed E-state index contributed by atoms with van der Waals surface area (Å²) in [5, 5.41) is 6.43. The molecule has 0 bridgehead atoms. The van der Waals surface area contributed by atoms with Crippen molar-refractivity contribution in [1.29, 1.82) is 0 Å². The maximum absolute atomic E-state index is 11.5. The van der Waals surface area contributed by atoms with Crippen molar-refractivity contribution in [3.05, 3.63) is 29.3 Å². The van der Waals surface area contributed by atoms with Gasteiger partial charge in [-0.05, 0) is 36.1 Å². The first-order valence-electron chi connectivity index (χ1n) is 7.46. The Bertz CT molecular complexity index is 515. The molecular formula is C16H22N2O2. The first-order chi connectivity index (χ1) is 9.69. The number of carbonyl (C=O) groups excluding carboxylic acids is 1. The van der Waals surface area contributed by atoms with Gasteiger partial charge in [-0.15, -0.1) is 0 Å². The minimum atomic E-state index is 0.0858. The zero-order valence-electron chi connectivity index (χ0n) is 12.1. The van der Waals surface area contributed by atoms with Crippen LogP contribution in [0.25, 0.3) is 0 Å². The predicted molar refractivity (Wildman–Crippen MR) is 78.7 cm³/mol. The quantitative estimate of drug-likeness (QED) is 0.885. The monoisotopic (exact) mass is 274 g/mol. The van der Waals surface area contributed by atoms with Crippen molar-refractivity contribution in [2.75, 3.05) is 18.5 Å². The Kier molecular flexibility index (Phi) is 3.76. The van der Waals surface area contributed by atoms with E-state index in [1.807, 2.05) is 6.07 Å². The summed E-state index contributed by atoms with van der Waals surface area (Å²) in [6, 6.07) is 6.47. The van der Waals surface area contributed by atoms with Crippen LogP contribution in [0.1, 0.15) is 37.4 Å². The van der Waals surface area contributed by atoms with Crippen LogP contribution in [0.2, 0.25) is 0 Å². The zero-order chi connectivity index (χ0) is 14.1. The highest BCUT2D eigenvalue weighted by Gasteiger charge is 2.33. The molecular weight excluding hydrogens is 252 g/mol. The normalized spacial score (nSPS) is 26.4. The summed E-state index contributed by atoms with van der Waals surface area (Å²) in [6.07, 6.45) is 1.83. The maximum atomic E-state index is 11.5. The molecule has 2 aliphatic rings. The summed E-state index contributed by atoms with van der Waals surface area (Å²) in [6.45, 7) is 6.12. The highest BCUT2D eigenvalue weighted by Crippen LogP contribution is 2.34. The Morgan fingerprint density at radius 3 is 3.05 bits per heavy atom. The SMILES string of the molecule is CCNC(c1ccc2c(c1)CC(=O)N2)C1OCCC1C. The minimum absolute atomic E-state index is 0.0858. The van der Waals surface area contributed by atoms with Crippen molar-refractivity contribution in [3.8, 4) is 0 Å². The fourth-order valence-corrected chi connectivity index (χ4v) is 3.23. The molecule has 108 valence electrons. The maximum Gasteiger partial charge on any atom is 0.228 e. The number of benzene rings is 1. The highest BCUT2D eigenvalue weighted by molar-refractivity contribution is 5.99. The summed E-state index contributed by atoms with van der Waals surface area (Å²) >= 11 is 0. The van der Waals surface area contributed by atoms with E-state index >= 15 is 0 Å². The topological polar surface area (TPSA) is 50.4 Å². The lowest BCUT2D eigenvalue weighted by molar-refractivity contribution is -0.115. The second kappa shape index (κ2) is 5.54. The molecule has 4 nitrogen and oxygen atoms in total. The number of likely N-dealkylation sites (N-methyl/N-ethyl adjacent to an activating group) is 1. The average Bonchev–Trinajstić information content (AvgIpc) is 3.00. The number of amides is 1. The number of hydrogen-bond acceptors (Lipinski definition) is 3. The second-order valence-electron chi connectivity index (χ2n) is 5.78. The molecule has 2 aliphatic heterocycles. The van der Waals surface area contributed by atoms with Gasteiger partial charge in [0.2, 0.25) is 5.91 Å². The van der Waals surface area contributed by atoms with Crippen molar-refractivity contribution in [2.45, 2.75) is 38.8 Å². The first-order valence-corrected chi connectivity index (χ1v) is 7.46. The van der Waals surface area contributed by atoms with E-state index in [0.717, 1.165) is 30.8 Å². The van der Waals surface area contributed by atoms with Crippen LogP contribution < -0.4 is 10.6 Å². The fraction of sp³-hybridized carbons (Fsp3) is 0.562. The lowest BCUT2D eigenvalue weighted by atomic mass is 9.91. The molecule has 1 aromatic carbocycles. The van der Waals surface area contributed by atoms with Crippen LogP contribution in [0.4, 0.5) is 5.69 Å². The van der Waals surface area contributed by atoms with Gasteiger partial charge in [-0.2, -0.15) is 0 Å². The zero-order valence-corrected chi connectivity index (χ0v) is 12.1. The lowest BCUT2D eigenvalue weighted by Gasteiger charge is -2.27. The molecule has 1 aromatic rings. The number of fused-ring (bicyclic) bond motifs is 1. The number of nitrogens with one attached hydrogen (secondary N) is 2. The van der Waals surface area contributed by atoms with E-state index in [-0.39, 0.29) is 18.1 Å². The van der Waals surface area contributed by atoms with Gasteiger partial charge in [0.1, 0.15) is 0 Å². The van der Waals surface area contributed by atoms with Crippen molar-refractivity contribution in [1.82, 2.24) is 5.32 Å². The van der Waals surface area contributed by atoms with Gasteiger partial charge in [-0.25, -0.2) is 0 Å². The van der Waals surface area contributed by atoms with E-state index in [9.17, 15) is 4.79 Å². The molecule has 1 amide bonds. The minimum Gasteiger partial charge on any atom is -0.376 e. The van der Waals surface area contributed by atoms with Crippen LogP contribution in [0, 0.1) is 5.92 Å². The Balaban J connectivity index is 1.88. The molecule has 0 aliphatic carbocycles. The fourth-order valence-electron chi connectivity index (χ4n) is 3.23. The van der Waals surface area contributed by atoms with Crippen molar-refractivity contribution >= 4 is 11.6 Å². The van der Waals surface area contributed by atoms with Crippen molar-refractivity contribution in [3.63, 3.8) is 0 Å².